The van der Waals surface area contributed by atoms with E-state index in [-0.39, 0.29) is 17.5 Å². The summed E-state index contributed by atoms with van der Waals surface area (Å²) in [7, 11) is 0. The van der Waals surface area contributed by atoms with E-state index in [2.05, 4.69) is 0 Å². The summed E-state index contributed by atoms with van der Waals surface area (Å²) in [6.45, 7) is 0.511. The Bertz CT molecular complexity index is 482. The normalized spacial score (nSPS) is 12.3. The molecule has 0 spiro atoms. The maximum atomic E-state index is 13.3. The Balaban J connectivity index is 2.39. The molecule has 0 saturated heterocycles. The van der Waals surface area contributed by atoms with Gasteiger partial charge in [-0.05, 0) is 48.4 Å². The molecule has 2 aromatic carbocycles. The van der Waals surface area contributed by atoms with Crippen molar-refractivity contribution >= 4 is 0 Å². The first-order valence-electron chi connectivity index (χ1n) is 5.95. The minimum atomic E-state index is -0.255. The molecule has 0 bridgehead atoms. The van der Waals surface area contributed by atoms with Crippen LogP contribution in [0.2, 0.25) is 0 Å². The monoisotopic (exact) mass is 245 g/mol. The molecule has 0 saturated carbocycles. The summed E-state index contributed by atoms with van der Waals surface area (Å²) in [5.74, 6) is -0.0293. The molecule has 1 unspecified atom stereocenters. The highest BCUT2D eigenvalue weighted by atomic mass is 19.1. The highest BCUT2D eigenvalue weighted by Crippen LogP contribution is 2.29. The SMILES string of the molecule is NCCC(c1cccc(O)c1)c1cccc(F)c1. The van der Waals surface area contributed by atoms with E-state index >= 15 is 0 Å². The Morgan fingerprint density at radius 2 is 1.72 bits per heavy atom. The van der Waals surface area contributed by atoms with Gasteiger partial charge in [0.15, 0.2) is 0 Å². The third-order valence-corrected chi connectivity index (χ3v) is 2.98. The van der Waals surface area contributed by atoms with Crippen LogP contribution in [-0.2, 0) is 0 Å². The summed E-state index contributed by atoms with van der Waals surface area (Å²) in [6, 6.07) is 13.5. The summed E-state index contributed by atoms with van der Waals surface area (Å²) >= 11 is 0. The summed E-state index contributed by atoms with van der Waals surface area (Å²) in [6.07, 6.45) is 0.715. The molecular formula is C15H16FNO. The maximum absolute atomic E-state index is 13.3. The Morgan fingerprint density at radius 3 is 2.33 bits per heavy atom. The van der Waals surface area contributed by atoms with Crippen LogP contribution in [-0.4, -0.2) is 11.7 Å². The lowest BCUT2D eigenvalue weighted by Crippen LogP contribution is -2.09. The Morgan fingerprint density at radius 1 is 1.06 bits per heavy atom. The van der Waals surface area contributed by atoms with Crippen LogP contribution < -0.4 is 5.73 Å². The summed E-state index contributed by atoms with van der Waals surface area (Å²) in [4.78, 5) is 0. The first-order chi connectivity index (χ1) is 8.70. The van der Waals surface area contributed by atoms with E-state index in [1.165, 1.54) is 12.1 Å². The smallest absolute Gasteiger partial charge is 0.123 e. The number of hydrogen-bond donors (Lipinski definition) is 2. The minimum absolute atomic E-state index is 0.0119. The highest BCUT2D eigenvalue weighted by Gasteiger charge is 2.14. The van der Waals surface area contributed by atoms with E-state index in [1.807, 2.05) is 12.1 Å². The van der Waals surface area contributed by atoms with Crippen LogP contribution in [0.25, 0.3) is 0 Å². The topological polar surface area (TPSA) is 46.2 Å². The predicted molar refractivity (Wildman–Crippen MR) is 70.0 cm³/mol. The van der Waals surface area contributed by atoms with E-state index in [0.29, 0.717) is 13.0 Å². The average Bonchev–Trinajstić information content (AvgIpc) is 2.36. The van der Waals surface area contributed by atoms with Gasteiger partial charge in [0.05, 0.1) is 0 Å². The Labute approximate surface area is 106 Å². The second-order valence-electron chi connectivity index (χ2n) is 4.28. The zero-order valence-electron chi connectivity index (χ0n) is 10.0. The van der Waals surface area contributed by atoms with Gasteiger partial charge in [-0.2, -0.15) is 0 Å². The molecule has 0 amide bonds. The van der Waals surface area contributed by atoms with Crippen LogP contribution in [0.15, 0.2) is 48.5 Å². The van der Waals surface area contributed by atoms with Gasteiger partial charge in [0.2, 0.25) is 0 Å². The number of rotatable bonds is 4. The third-order valence-electron chi connectivity index (χ3n) is 2.98. The van der Waals surface area contributed by atoms with Gasteiger partial charge in [-0.1, -0.05) is 24.3 Å². The Hall–Kier alpha value is -1.87. The molecule has 1 atom stereocenters. The van der Waals surface area contributed by atoms with Crippen molar-refractivity contribution in [3.8, 4) is 5.75 Å². The van der Waals surface area contributed by atoms with Crippen molar-refractivity contribution in [2.45, 2.75) is 12.3 Å². The molecule has 0 aliphatic carbocycles. The number of benzene rings is 2. The van der Waals surface area contributed by atoms with Crippen molar-refractivity contribution in [2.24, 2.45) is 5.73 Å². The lowest BCUT2D eigenvalue weighted by atomic mass is 9.88. The molecule has 0 fully saturated rings. The first kappa shape index (κ1) is 12.6. The van der Waals surface area contributed by atoms with E-state index in [4.69, 9.17) is 5.73 Å². The lowest BCUT2D eigenvalue weighted by molar-refractivity contribution is 0.474. The summed E-state index contributed by atoms with van der Waals surface area (Å²) in [5.41, 5.74) is 7.45. The van der Waals surface area contributed by atoms with Gasteiger partial charge in [-0.15, -0.1) is 0 Å². The number of phenols is 1. The highest BCUT2D eigenvalue weighted by molar-refractivity contribution is 5.36. The van der Waals surface area contributed by atoms with Crippen LogP contribution in [0.1, 0.15) is 23.5 Å². The fourth-order valence-corrected chi connectivity index (χ4v) is 2.16. The fourth-order valence-electron chi connectivity index (χ4n) is 2.16. The largest absolute Gasteiger partial charge is 0.508 e. The molecule has 2 rings (SSSR count). The van der Waals surface area contributed by atoms with E-state index in [9.17, 15) is 9.50 Å². The van der Waals surface area contributed by atoms with Crippen molar-refractivity contribution in [3.63, 3.8) is 0 Å². The van der Waals surface area contributed by atoms with Gasteiger partial charge in [0, 0.05) is 5.92 Å². The molecule has 94 valence electrons. The second-order valence-corrected chi connectivity index (χ2v) is 4.28. The number of aromatic hydroxyl groups is 1. The van der Waals surface area contributed by atoms with Crippen LogP contribution in [0.5, 0.6) is 5.75 Å². The third kappa shape index (κ3) is 2.87. The average molecular weight is 245 g/mol. The molecule has 0 aromatic heterocycles. The quantitative estimate of drug-likeness (QED) is 0.869. The van der Waals surface area contributed by atoms with Gasteiger partial charge in [0.25, 0.3) is 0 Å². The molecule has 3 N–H and O–H groups in total. The molecule has 18 heavy (non-hydrogen) atoms. The van der Waals surface area contributed by atoms with Crippen molar-refractivity contribution in [1.82, 2.24) is 0 Å². The van der Waals surface area contributed by atoms with Crippen molar-refractivity contribution in [3.05, 3.63) is 65.5 Å². The first-order valence-corrected chi connectivity index (χ1v) is 5.95. The zero-order valence-corrected chi connectivity index (χ0v) is 10.0. The summed E-state index contributed by atoms with van der Waals surface area (Å²) in [5, 5.41) is 9.53. The van der Waals surface area contributed by atoms with E-state index in [0.717, 1.165) is 11.1 Å². The standard InChI is InChI=1S/C15H16FNO/c16-13-5-1-3-11(9-13)15(7-8-17)12-4-2-6-14(18)10-12/h1-6,9-10,15,18H,7-8,17H2. The molecule has 2 nitrogen and oxygen atoms in total. The van der Waals surface area contributed by atoms with Crippen LogP contribution in [0.4, 0.5) is 4.39 Å². The molecular weight excluding hydrogens is 229 g/mol. The van der Waals surface area contributed by atoms with Gasteiger partial charge in [0.1, 0.15) is 11.6 Å². The molecule has 0 radical (unpaired) electrons. The molecule has 0 heterocycles. The number of nitrogens with two attached hydrogens (primary N) is 1. The molecule has 0 aliphatic rings. The van der Waals surface area contributed by atoms with Crippen LogP contribution in [0.3, 0.4) is 0 Å². The van der Waals surface area contributed by atoms with Crippen molar-refractivity contribution in [1.29, 1.82) is 0 Å². The van der Waals surface area contributed by atoms with Gasteiger partial charge in [-0.3, -0.25) is 0 Å². The van der Waals surface area contributed by atoms with Crippen LogP contribution in [0, 0.1) is 5.82 Å². The predicted octanol–water partition coefficient (Wildman–Crippen LogP) is 3.01. The second kappa shape index (κ2) is 5.65. The lowest BCUT2D eigenvalue weighted by Gasteiger charge is -2.17. The maximum Gasteiger partial charge on any atom is 0.123 e. The van der Waals surface area contributed by atoms with Gasteiger partial charge < -0.3 is 10.8 Å². The fraction of sp³-hybridized carbons (Fsp3) is 0.200. The minimum Gasteiger partial charge on any atom is -0.508 e. The zero-order chi connectivity index (χ0) is 13.0. The van der Waals surface area contributed by atoms with Crippen LogP contribution >= 0.6 is 0 Å². The number of phenolic OH excluding ortho intramolecular Hbond substituents is 1. The van der Waals surface area contributed by atoms with E-state index in [1.54, 1.807) is 24.3 Å². The Kier molecular flexibility index (Phi) is 3.95. The number of hydrogen-bond acceptors (Lipinski definition) is 2. The molecule has 3 heteroatoms. The van der Waals surface area contributed by atoms with Crippen molar-refractivity contribution in [2.75, 3.05) is 6.54 Å². The summed E-state index contributed by atoms with van der Waals surface area (Å²) < 4.78 is 13.3. The van der Waals surface area contributed by atoms with Crippen molar-refractivity contribution < 1.29 is 9.50 Å². The van der Waals surface area contributed by atoms with Gasteiger partial charge >= 0.3 is 0 Å². The van der Waals surface area contributed by atoms with E-state index < -0.39 is 0 Å². The molecule has 2 aromatic rings. The number of halogens is 1. The van der Waals surface area contributed by atoms with Gasteiger partial charge in [-0.25, -0.2) is 4.39 Å². The molecule has 0 aliphatic heterocycles.